The Hall–Kier alpha value is -3.22. The Morgan fingerprint density at radius 2 is 1.82 bits per heavy atom. The summed E-state index contributed by atoms with van der Waals surface area (Å²) in [6.45, 7) is 7.24. The third kappa shape index (κ3) is 3.88. The monoisotopic (exact) mass is 380 g/mol. The van der Waals surface area contributed by atoms with Crippen LogP contribution in [0.25, 0.3) is 22.3 Å². The van der Waals surface area contributed by atoms with Crippen molar-refractivity contribution in [3.05, 3.63) is 48.2 Å². The summed E-state index contributed by atoms with van der Waals surface area (Å²) < 4.78 is 7.06. The molecule has 0 saturated heterocycles. The van der Waals surface area contributed by atoms with Gasteiger partial charge in [-0.25, -0.2) is 14.5 Å². The van der Waals surface area contributed by atoms with Crippen LogP contribution in [0, 0.1) is 0 Å². The SMILES string of the molecule is CCN(CC)C(=O)COC(=O)c1cc(-c2ccccc2)nc2c1cnn2CC. The number of aryl methyl sites for hydroxylation is 1. The number of pyridine rings is 1. The zero-order valence-corrected chi connectivity index (χ0v) is 16.4. The van der Waals surface area contributed by atoms with Crippen LogP contribution >= 0.6 is 0 Å². The van der Waals surface area contributed by atoms with E-state index in [0.29, 0.717) is 41.9 Å². The van der Waals surface area contributed by atoms with Gasteiger partial charge in [0.15, 0.2) is 12.3 Å². The highest BCUT2D eigenvalue weighted by atomic mass is 16.5. The number of esters is 1. The maximum atomic E-state index is 12.8. The highest BCUT2D eigenvalue weighted by Crippen LogP contribution is 2.25. The Kier molecular flexibility index (Phi) is 6.03. The topological polar surface area (TPSA) is 77.3 Å². The zero-order chi connectivity index (χ0) is 20.1. The minimum Gasteiger partial charge on any atom is -0.452 e. The molecule has 0 spiro atoms. The van der Waals surface area contributed by atoms with Crippen LogP contribution < -0.4 is 0 Å². The summed E-state index contributed by atoms with van der Waals surface area (Å²) in [5.74, 6) is -0.767. The molecule has 146 valence electrons. The van der Waals surface area contributed by atoms with Gasteiger partial charge in [0, 0.05) is 25.2 Å². The van der Waals surface area contributed by atoms with Crippen molar-refractivity contribution in [2.24, 2.45) is 0 Å². The predicted molar refractivity (Wildman–Crippen MR) is 107 cm³/mol. The van der Waals surface area contributed by atoms with Crippen molar-refractivity contribution in [3.63, 3.8) is 0 Å². The second-order valence-electron chi connectivity index (χ2n) is 6.26. The van der Waals surface area contributed by atoms with E-state index >= 15 is 0 Å². The molecule has 0 atom stereocenters. The van der Waals surface area contributed by atoms with Crippen LogP contribution in [-0.4, -0.2) is 51.2 Å². The van der Waals surface area contributed by atoms with Gasteiger partial charge in [-0.1, -0.05) is 30.3 Å². The van der Waals surface area contributed by atoms with E-state index < -0.39 is 5.97 Å². The van der Waals surface area contributed by atoms with E-state index in [1.165, 1.54) is 0 Å². The van der Waals surface area contributed by atoms with Gasteiger partial charge in [-0.3, -0.25) is 4.79 Å². The number of fused-ring (bicyclic) bond motifs is 1. The molecule has 3 aromatic rings. The van der Waals surface area contributed by atoms with Crippen LogP contribution in [0.1, 0.15) is 31.1 Å². The fourth-order valence-electron chi connectivity index (χ4n) is 3.08. The summed E-state index contributed by atoms with van der Waals surface area (Å²) in [4.78, 5) is 31.3. The molecule has 0 aliphatic heterocycles. The lowest BCUT2D eigenvalue weighted by Gasteiger charge is -2.18. The average Bonchev–Trinajstić information content (AvgIpc) is 3.16. The maximum Gasteiger partial charge on any atom is 0.339 e. The molecule has 3 rings (SSSR count). The molecule has 0 bridgehead atoms. The molecule has 2 heterocycles. The van der Waals surface area contributed by atoms with Gasteiger partial charge in [0.05, 0.1) is 22.8 Å². The molecule has 0 aliphatic rings. The number of carbonyl (C=O) groups is 2. The third-order valence-corrected chi connectivity index (χ3v) is 4.64. The number of rotatable bonds is 7. The molecule has 0 N–H and O–H groups in total. The van der Waals surface area contributed by atoms with Crippen LogP contribution in [0.5, 0.6) is 0 Å². The van der Waals surface area contributed by atoms with E-state index in [9.17, 15) is 9.59 Å². The van der Waals surface area contributed by atoms with Crippen LogP contribution in [-0.2, 0) is 16.1 Å². The van der Waals surface area contributed by atoms with E-state index in [-0.39, 0.29) is 12.5 Å². The Morgan fingerprint density at radius 3 is 2.46 bits per heavy atom. The number of benzene rings is 1. The number of ether oxygens (including phenoxy) is 1. The second kappa shape index (κ2) is 8.65. The predicted octanol–water partition coefficient (Wildman–Crippen LogP) is 3.14. The van der Waals surface area contributed by atoms with Crippen molar-refractivity contribution < 1.29 is 14.3 Å². The number of nitrogens with zero attached hydrogens (tertiary/aromatic N) is 4. The van der Waals surface area contributed by atoms with Crippen LogP contribution in [0.15, 0.2) is 42.6 Å². The summed E-state index contributed by atoms with van der Waals surface area (Å²) in [5, 5.41) is 4.93. The van der Waals surface area contributed by atoms with Crippen molar-refractivity contribution in [3.8, 4) is 11.3 Å². The highest BCUT2D eigenvalue weighted by molar-refractivity contribution is 6.04. The molecule has 2 aromatic heterocycles. The molecule has 1 aromatic carbocycles. The fraction of sp³-hybridized carbons (Fsp3) is 0.333. The molecule has 7 heteroatoms. The van der Waals surface area contributed by atoms with Gasteiger partial charge < -0.3 is 9.64 Å². The normalized spacial score (nSPS) is 10.8. The van der Waals surface area contributed by atoms with Gasteiger partial charge in [0.1, 0.15) is 0 Å². The summed E-state index contributed by atoms with van der Waals surface area (Å²) >= 11 is 0. The minimum atomic E-state index is -0.555. The molecule has 7 nitrogen and oxygen atoms in total. The summed E-state index contributed by atoms with van der Waals surface area (Å²) in [6.07, 6.45) is 1.61. The van der Waals surface area contributed by atoms with Crippen LogP contribution in [0.4, 0.5) is 0 Å². The molecule has 0 aliphatic carbocycles. The lowest BCUT2D eigenvalue weighted by Crippen LogP contribution is -2.34. The third-order valence-electron chi connectivity index (χ3n) is 4.64. The zero-order valence-electron chi connectivity index (χ0n) is 16.4. The Balaban J connectivity index is 1.96. The highest BCUT2D eigenvalue weighted by Gasteiger charge is 2.20. The summed E-state index contributed by atoms with van der Waals surface area (Å²) in [7, 11) is 0. The van der Waals surface area contributed by atoms with Gasteiger partial charge in [-0.15, -0.1) is 0 Å². The van der Waals surface area contributed by atoms with Gasteiger partial charge in [-0.2, -0.15) is 5.10 Å². The van der Waals surface area contributed by atoms with E-state index in [1.54, 1.807) is 21.8 Å². The standard InChI is InChI=1S/C21H24N4O3/c1-4-24(5-2)19(26)14-28-21(27)16-12-18(15-10-8-7-9-11-15)23-20-17(16)13-22-25(20)6-3/h7-13H,4-6,14H2,1-3H3. The molecule has 0 fully saturated rings. The van der Waals surface area contributed by atoms with E-state index in [0.717, 1.165) is 5.56 Å². The lowest BCUT2D eigenvalue weighted by molar-refractivity contribution is -0.134. The van der Waals surface area contributed by atoms with Gasteiger partial charge >= 0.3 is 5.97 Å². The van der Waals surface area contributed by atoms with E-state index in [4.69, 9.17) is 4.74 Å². The number of amides is 1. The Bertz CT molecular complexity index is 978. The van der Waals surface area contributed by atoms with Gasteiger partial charge in [-0.05, 0) is 26.8 Å². The van der Waals surface area contributed by atoms with Crippen molar-refractivity contribution in [1.82, 2.24) is 19.7 Å². The number of carbonyl (C=O) groups excluding carboxylic acids is 2. The van der Waals surface area contributed by atoms with E-state index in [1.807, 2.05) is 51.1 Å². The van der Waals surface area contributed by atoms with Crippen LogP contribution in [0.3, 0.4) is 0 Å². The molecule has 0 unspecified atom stereocenters. The average molecular weight is 380 g/mol. The Labute approximate surface area is 163 Å². The quantitative estimate of drug-likeness (QED) is 0.589. The summed E-state index contributed by atoms with van der Waals surface area (Å²) in [5.41, 5.74) is 2.52. The largest absolute Gasteiger partial charge is 0.452 e. The maximum absolute atomic E-state index is 12.8. The fourth-order valence-corrected chi connectivity index (χ4v) is 3.08. The first kappa shape index (κ1) is 19.5. The first-order valence-corrected chi connectivity index (χ1v) is 9.45. The smallest absolute Gasteiger partial charge is 0.339 e. The van der Waals surface area contributed by atoms with Gasteiger partial charge in [0.25, 0.3) is 5.91 Å². The van der Waals surface area contributed by atoms with E-state index in [2.05, 4.69) is 10.1 Å². The van der Waals surface area contributed by atoms with Gasteiger partial charge in [0.2, 0.25) is 0 Å². The van der Waals surface area contributed by atoms with Crippen molar-refractivity contribution in [2.45, 2.75) is 27.3 Å². The molecule has 0 radical (unpaired) electrons. The molecule has 1 amide bonds. The number of aromatic nitrogens is 3. The molecular formula is C21H24N4O3. The number of hydrogen-bond donors (Lipinski definition) is 0. The summed E-state index contributed by atoms with van der Waals surface area (Å²) in [6, 6.07) is 11.3. The van der Waals surface area contributed by atoms with Crippen molar-refractivity contribution >= 4 is 22.9 Å². The lowest BCUT2D eigenvalue weighted by atomic mass is 10.1. The minimum absolute atomic E-state index is 0.212. The first-order chi connectivity index (χ1) is 13.6. The molecule has 0 saturated carbocycles. The molecule has 28 heavy (non-hydrogen) atoms. The number of hydrogen-bond acceptors (Lipinski definition) is 5. The second-order valence-corrected chi connectivity index (χ2v) is 6.26. The number of likely N-dealkylation sites (N-methyl/N-ethyl adjacent to an activating group) is 1. The van der Waals surface area contributed by atoms with Crippen molar-refractivity contribution in [2.75, 3.05) is 19.7 Å². The van der Waals surface area contributed by atoms with Crippen LogP contribution in [0.2, 0.25) is 0 Å². The Morgan fingerprint density at radius 1 is 1.11 bits per heavy atom. The first-order valence-electron chi connectivity index (χ1n) is 9.45. The van der Waals surface area contributed by atoms with Crippen molar-refractivity contribution in [1.29, 1.82) is 0 Å². The molecular weight excluding hydrogens is 356 g/mol.